The van der Waals surface area contributed by atoms with Crippen LogP contribution in [0, 0.1) is 0 Å². The molecule has 60 valence electrons. The molecule has 1 saturated heterocycles. The molecule has 0 aromatic rings. The highest BCUT2D eigenvalue weighted by atomic mass is 28.4. The second-order valence-corrected chi connectivity index (χ2v) is 5.65. The van der Waals surface area contributed by atoms with Crippen molar-refractivity contribution in [1.29, 1.82) is 0 Å². The number of rotatable bonds is 0. The van der Waals surface area contributed by atoms with E-state index in [1.807, 2.05) is 13.8 Å². The fourth-order valence-electron chi connectivity index (χ4n) is 1.29. The Bertz CT molecular complexity index is 119. The third kappa shape index (κ3) is 2.05. The second kappa shape index (κ2) is 2.30. The Labute approximate surface area is 62.0 Å². The molecule has 0 radical (unpaired) electrons. The smallest absolute Gasteiger partial charge is 0.390 e. The Balaban J connectivity index is 2.56. The first-order valence-electron chi connectivity index (χ1n) is 3.56. The topological polar surface area (TPSA) is 49.7 Å². The van der Waals surface area contributed by atoms with Gasteiger partial charge in [-0.1, -0.05) is 0 Å². The maximum Gasteiger partial charge on any atom is 0.495 e. The van der Waals surface area contributed by atoms with E-state index in [1.54, 1.807) is 0 Å². The molecule has 1 rings (SSSR count). The van der Waals surface area contributed by atoms with Crippen LogP contribution in [0.3, 0.4) is 0 Å². The van der Waals surface area contributed by atoms with E-state index >= 15 is 0 Å². The third-order valence-corrected chi connectivity index (χ3v) is 3.61. The van der Waals surface area contributed by atoms with E-state index in [-0.39, 0.29) is 5.60 Å². The first kappa shape index (κ1) is 8.20. The molecule has 10 heavy (non-hydrogen) atoms. The average Bonchev–Trinajstić information content (AvgIpc) is 1.56. The van der Waals surface area contributed by atoms with E-state index < -0.39 is 8.80 Å². The standard InChI is InChI=1S/C6H14O3Si/c1-6(2)4-3-5-10(7,8)9-6/h7-8H,3-5H2,1-2H3. The predicted molar refractivity (Wildman–Crippen MR) is 39.4 cm³/mol. The third-order valence-electron chi connectivity index (χ3n) is 1.72. The maximum absolute atomic E-state index is 9.18. The Morgan fingerprint density at radius 2 is 2.00 bits per heavy atom. The zero-order chi connectivity index (χ0) is 7.83. The highest BCUT2D eigenvalue weighted by Crippen LogP contribution is 2.29. The molecule has 0 unspecified atom stereocenters. The first-order valence-corrected chi connectivity index (χ1v) is 5.57. The molecule has 0 spiro atoms. The highest BCUT2D eigenvalue weighted by molar-refractivity contribution is 6.58. The Morgan fingerprint density at radius 3 is 2.30 bits per heavy atom. The maximum atomic E-state index is 9.18. The van der Waals surface area contributed by atoms with Crippen LogP contribution in [-0.2, 0) is 4.43 Å². The van der Waals surface area contributed by atoms with Gasteiger partial charge in [-0.25, -0.2) is 0 Å². The molecule has 0 atom stereocenters. The van der Waals surface area contributed by atoms with Crippen molar-refractivity contribution in [3.8, 4) is 0 Å². The molecular formula is C6H14O3Si. The quantitative estimate of drug-likeness (QED) is 0.510. The van der Waals surface area contributed by atoms with E-state index in [9.17, 15) is 9.59 Å². The molecule has 4 heteroatoms. The van der Waals surface area contributed by atoms with Gasteiger partial charge in [0.2, 0.25) is 0 Å². The van der Waals surface area contributed by atoms with Gasteiger partial charge < -0.3 is 14.0 Å². The molecule has 0 saturated carbocycles. The Kier molecular flexibility index (Phi) is 1.89. The normalized spacial score (nSPS) is 30.0. The minimum Gasteiger partial charge on any atom is -0.390 e. The second-order valence-electron chi connectivity index (χ2n) is 3.46. The summed E-state index contributed by atoms with van der Waals surface area (Å²) in [5.74, 6) is 0. The first-order chi connectivity index (χ1) is 4.41. The molecule has 2 N–H and O–H groups in total. The predicted octanol–water partition coefficient (Wildman–Crippen LogP) is 0.499. The highest BCUT2D eigenvalue weighted by Gasteiger charge is 2.42. The minimum atomic E-state index is -3.23. The molecule has 0 aromatic carbocycles. The van der Waals surface area contributed by atoms with Gasteiger partial charge in [0.15, 0.2) is 0 Å². The molecular weight excluding hydrogens is 148 g/mol. The molecule has 0 aromatic heterocycles. The lowest BCUT2D eigenvalue weighted by Crippen LogP contribution is -2.49. The summed E-state index contributed by atoms with van der Waals surface area (Å²) in [7, 11) is -3.23. The van der Waals surface area contributed by atoms with Gasteiger partial charge in [0.05, 0.1) is 5.60 Å². The monoisotopic (exact) mass is 162 g/mol. The van der Waals surface area contributed by atoms with Crippen molar-refractivity contribution in [2.24, 2.45) is 0 Å². The van der Waals surface area contributed by atoms with Gasteiger partial charge in [-0.15, -0.1) is 0 Å². The summed E-state index contributed by atoms with van der Waals surface area (Å²) >= 11 is 0. The van der Waals surface area contributed by atoms with E-state index in [0.717, 1.165) is 12.8 Å². The minimum absolute atomic E-state index is 0.325. The molecule has 1 heterocycles. The fourth-order valence-corrected chi connectivity index (χ4v) is 3.02. The van der Waals surface area contributed by atoms with Crippen LogP contribution in [0.1, 0.15) is 26.7 Å². The zero-order valence-corrected chi connectivity index (χ0v) is 7.42. The largest absolute Gasteiger partial charge is 0.495 e. The van der Waals surface area contributed by atoms with E-state index in [4.69, 9.17) is 4.43 Å². The van der Waals surface area contributed by atoms with Crippen molar-refractivity contribution in [3.05, 3.63) is 0 Å². The van der Waals surface area contributed by atoms with Crippen molar-refractivity contribution in [2.45, 2.75) is 38.3 Å². The van der Waals surface area contributed by atoms with Crippen LogP contribution in [0.15, 0.2) is 0 Å². The van der Waals surface area contributed by atoms with Crippen molar-refractivity contribution in [3.63, 3.8) is 0 Å². The summed E-state index contributed by atoms with van der Waals surface area (Å²) in [5, 5.41) is 0. The van der Waals surface area contributed by atoms with Gasteiger partial charge >= 0.3 is 8.80 Å². The SMILES string of the molecule is CC1(C)CCC[Si](O)(O)O1. The number of hydrogen-bond donors (Lipinski definition) is 2. The molecule has 0 aliphatic carbocycles. The van der Waals surface area contributed by atoms with Gasteiger partial charge in [0.1, 0.15) is 0 Å². The summed E-state index contributed by atoms with van der Waals surface area (Å²) < 4.78 is 5.11. The van der Waals surface area contributed by atoms with E-state index in [0.29, 0.717) is 6.04 Å². The van der Waals surface area contributed by atoms with Crippen LogP contribution in [0.25, 0.3) is 0 Å². The van der Waals surface area contributed by atoms with Crippen molar-refractivity contribution < 1.29 is 14.0 Å². The number of hydrogen-bond acceptors (Lipinski definition) is 3. The summed E-state index contributed by atoms with van der Waals surface area (Å²) in [6.07, 6.45) is 1.79. The molecule has 0 amide bonds. The van der Waals surface area contributed by atoms with E-state index in [2.05, 4.69) is 0 Å². The van der Waals surface area contributed by atoms with Crippen LogP contribution >= 0.6 is 0 Å². The van der Waals surface area contributed by atoms with Crippen molar-refractivity contribution in [1.82, 2.24) is 0 Å². The molecule has 1 aliphatic rings. The Hall–Kier alpha value is 0.0969. The molecule has 1 aliphatic heterocycles. The zero-order valence-electron chi connectivity index (χ0n) is 6.42. The average molecular weight is 162 g/mol. The van der Waals surface area contributed by atoms with Crippen LogP contribution in [0.5, 0.6) is 0 Å². The van der Waals surface area contributed by atoms with Crippen LogP contribution in [0.2, 0.25) is 6.04 Å². The van der Waals surface area contributed by atoms with Gasteiger partial charge in [-0.2, -0.15) is 0 Å². The van der Waals surface area contributed by atoms with Crippen LogP contribution < -0.4 is 0 Å². The van der Waals surface area contributed by atoms with Gasteiger partial charge in [0, 0.05) is 6.04 Å². The van der Waals surface area contributed by atoms with Crippen LogP contribution in [0.4, 0.5) is 0 Å². The molecule has 1 fully saturated rings. The van der Waals surface area contributed by atoms with Gasteiger partial charge in [0.25, 0.3) is 0 Å². The van der Waals surface area contributed by atoms with Gasteiger partial charge in [-0.05, 0) is 26.7 Å². The van der Waals surface area contributed by atoms with Crippen molar-refractivity contribution >= 4 is 8.80 Å². The molecule has 3 nitrogen and oxygen atoms in total. The summed E-state index contributed by atoms with van der Waals surface area (Å²) in [6, 6.07) is 0.455. The molecule has 0 bridgehead atoms. The van der Waals surface area contributed by atoms with Crippen molar-refractivity contribution in [2.75, 3.05) is 0 Å². The lowest BCUT2D eigenvalue weighted by Gasteiger charge is -2.36. The Morgan fingerprint density at radius 1 is 1.40 bits per heavy atom. The summed E-state index contributed by atoms with van der Waals surface area (Å²) in [6.45, 7) is 3.78. The summed E-state index contributed by atoms with van der Waals surface area (Å²) in [4.78, 5) is 18.4. The van der Waals surface area contributed by atoms with E-state index in [1.165, 1.54) is 0 Å². The lowest BCUT2D eigenvalue weighted by molar-refractivity contribution is 0.00197. The fraction of sp³-hybridized carbons (Fsp3) is 1.00. The van der Waals surface area contributed by atoms with Gasteiger partial charge in [-0.3, -0.25) is 0 Å². The van der Waals surface area contributed by atoms with Crippen LogP contribution in [-0.4, -0.2) is 24.0 Å². The summed E-state index contributed by atoms with van der Waals surface area (Å²) in [5.41, 5.74) is -0.325. The lowest BCUT2D eigenvalue weighted by atomic mass is 10.0.